The molecule has 5 heteroatoms. The topological polar surface area (TPSA) is 18.5 Å². The fourth-order valence-electron chi connectivity index (χ4n) is 2.23. The lowest BCUT2D eigenvalue weighted by atomic mass is 10.2. The molecule has 0 radical (unpaired) electrons. The van der Waals surface area contributed by atoms with Crippen LogP contribution in [0.1, 0.15) is 19.3 Å². The van der Waals surface area contributed by atoms with Crippen molar-refractivity contribution < 1.29 is 0 Å². The van der Waals surface area contributed by atoms with Gasteiger partial charge in [-0.3, -0.25) is 0 Å². The Balaban J connectivity index is 2.29. The van der Waals surface area contributed by atoms with Crippen LogP contribution in [-0.2, 0) is 0 Å². The molecule has 0 aromatic rings. The van der Waals surface area contributed by atoms with Gasteiger partial charge in [0.1, 0.15) is 0 Å². The molecular formula is C12H25N3S2. The Labute approximate surface area is 115 Å². The molecule has 1 unspecified atom stereocenters. The number of rotatable bonds is 6. The van der Waals surface area contributed by atoms with Gasteiger partial charge in [0.25, 0.3) is 0 Å². The van der Waals surface area contributed by atoms with E-state index in [-0.39, 0.29) is 0 Å². The highest BCUT2D eigenvalue weighted by Gasteiger charge is 2.26. The molecule has 3 nitrogen and oxygen atoms in total. The first-order valence-electron chi connectivity index (χ1n) is 6.33. The Kier molecular flexibility index (Phi) is 7.23. The number of likely N-dealkylation sites (tertiary alicyclic amines) is 1. The van der Waals surface area contributed by atoms with E-state index in [2.05, 4.69) is 35.5 Å². The highest BCUT2D eigenvalue weighted by Crippen LogP contribution is 2.17. The number of thiocarbonyl (C=S) groups is 1. The minimum atomic E-state index is 0.602. The second kappa shape index (κ2) is 8.16. The summed E-state index contributed by atoms with van der Waals surface area (Å²) in [7, 11) is 4.26. The molecule has 1 atom stereocenters. The normalized spacial score (nSPS) is 20.0. The van der Waals surface area contributed by atoms with Crippen LogP contribution in [0.15, 0.2) is 0 Å². The molecule has 0 aromatic carbocycles. The van der Waals surface area contributed by atoms with Crippen molar-refractivity contribution >= 4 is 29.1 Å². The number of hydrogen-bond acceptors (Lipinski definition) is 3. The predicted molar refractivity (Wildman–Crippen MR) is 81.9 cm³/mol. The zero-order valence-electron chi connectivity index (χ0n) is 11.2. The molecular weight excluding hydrogens is 250 g/mol. The summed E-state index contributed by atoms with van der Waals surface area (Å²) in [4.78, 5) is 4.62. The van der Waals surface area contributed by atoms with Crippen molar-refractivity contribution in [2.45, 2.75) is 25.3 Å². The van der Waals surface area contributed by atoms with Gasteiger partial charge in [-0.25, -0.2) is 0 Å². The lowest BCUT2D eigenvalue weighted by Crippen LogP contribution is -2.46. The fraction of sp³-hybridized carbons (Fsp3) is 0.917. The molecule has 1 rings (SSSR count). The van der Waals surface area contributed by atoms with Crippen LogP contribution in [-0.4, -0.2) is 66.7 Å². The first kappa shape index (κ1) is 15.1. The van der Waals surface area contributed by atoms with Crippen LogP contribution in [0.3, 0.4) is 0 Å². The van der Waals surface area contributed by atoms with Gasteiger partial charge in [0.15, 0.2) is 5.11 Å². The van der Waals surface area contributed by atoms with Crippen LogP contribution in [0, 0.1) is 0 Å². The first-order valence-corrected chi connectivity index (χ1v) is 8.13. The van der Waals surface area contributed by atoms with Gasteiger partial charge >= 0.3 is 0 Å². The third-order valence-corrected chi connectivity index (χ3v) is 4.09. The van der Waals surface area contributed by atoms with E-state index in [9.17, 15) is 0 Å². The molecule has 0 aromatic heterocycles. The summed E-state index contributed by atoms with van der Waals surface area (Å²) in [6.45, 7) is 3.23. The minimum absolute atomic E-state index is 0.602. The summed E-state index contributed by atoms with van der Waals surface area (Å²) < 4.78 is 0. The van der Waals surface area contributed by atoms with Crippen LogP contribution in [0.2, 0.25) is 0 Å². The quantitative estimate of drug-likeness (QED) is 0.585. The Hall–Kier alpha value is -0.0000000000000000486. The molecule has 0 bridgehead atoms. The van der Waals surface area contributed by atoms with Gasteiger partial charge in [-0.1, -0.05) is 0 Å². The van der Waals surface area contributed by atoms with E-state index in [1.165, 1.54) is 25.0 Å². The third-order valence-electron chi connectivity index (χ3n) is 3.02. The summed E-state index contributed by atoms with van der Waals surface area (Å²) >= 11 is 7.37. The van der Waals surface area contributed by atoms with Crippen molar-refractivity contribution in [2.24, 2.45) is 0 Å². The zero-order valence-corrected chi connectivity index (χ0v) is 12.9. The maximum Gasteiger partial charge on any atom is 0.169 e. The number of nitrogens with zero attached hydrogens (tertiary/aromatic N) is 2. The van der Waals surface area contributed by atoms with E-state index in [4.69, 9.17) is 12.2 Å². The van der Waals surface area contributed by atoms with Crippen molar-refractivity contribution in [3.8, 4) is 0 Å². The third kappa shape index (κ3) is 5.44. The number of thioether (sulfide) groups is 1. The Bertz CT molecular complexity index is 234. The lowest BCUT2D eigenvalue weighted by Gasteiger charge is -2.29. The fourth-order valence-corrected chi connectivity index (χ4v) is 3.00. The van der Waals surface area contributed by atoms with Crippen molar-refractivity contribution in [2.75, 3.05) is 45.7 Å². The maximum atomic E-state index is 5.48. The van der Waals surface area contributed by atoms with E-state index in [0.717, 1.165) is 24.7 Å². The standard InChI is InChI=1S/C12H25N3S2/c1-14(2)10-11-6-4-8-15(11)12(16)13-7-5-9-17-3/h11H,4-10H2,1-3H3,(H,13,16). The van der Waals surface area contributed by atoms with E-state index in [0.29, 0.717) is 6.04 Å². The maximum absolute atomic E-state index is 5.48. The molecule has 0 aliphatic carbocycles. The molecule has 1 aliphatic heterocycles. The molecule has 0 spiro atoms. The average Bonchev–Trinajstić information content (AvgIpc) is 2.71. The van der Waals surface area contributed by atoms with Gasteiger partial charge in [0.05, 0.1) is 0 Å². The van der Waals surface area contributed by atoms with Gasteiger partial charge in [-0.2, -0.15) is 11.8 Å². The van der Waals surface area contributed by atoms with E-state index < -0.39 is 0 Å². The summed E-state index contributed by atoms with van der Waals surface area (Å²) in [6, 6.07) is 0.602. The monoisotopic (exact) mass is 275 g/mol. The van der Waals surface area contributed by atoms with E-state index >= 15 is 0 Å². The molecule has 1 aliphatic rings. The van der Waals surface area contributed by atoms with E-state index in [1.54, 1.807) is 0 Å². The molecule has 17 heavy (non-hydrogen) atoms. The summed E-state index contributed by atoms with van der Waals surface area (Å²) in [5.74, 6) is 1.21. The van der Waals surface area contributed by atoms with Crippen molar-refractivity contribution in [3.63, 3.8) is 0 Å². The number of likely N-dealkylation sites (N-methyl/N-ethyl adjacent to an activating group) is 1. The van der Waals surface area contributed by atoms with Crippen LogP contribution in [0.5, 0.6) is 0 Å². The van der Waals surface area contributed by atoms with Crippen molar-refractivity contribution in [1.29, 1.82) is 0 Å². The van der Waals surface area contributed by atoms with Crippen molar-refractivity contribution in [1.82, 2.24) is 15.1 Å². The smallest absolute Gasteiger partial charge is 0.169 e. The molecule has 0 saturated carbocycles. The van der Waals surface area contributed by atoms with Crippen LogP contribution >= 0.6 is 24.0 Å². The number of nitrogens with one attached hydrogen (secondary N) is 1. The minimum Gasteiger partial charge on any atom is -0.363 e. The molecule has 1 fully saturated rings. The Morgan fingerprint density at radius 3 is 2.94 bits per heavy atom. The van der Waals surface area contributed by atoms with E-state index in [1.807, 2.05) is 11.8 Å². The highest BCUT2D eigenvalue weighted by molar-refractivity contribution is 7.98. The van der Waals surface area contributed by atoms with Crippen LogP contribution in [0.4, 0.5) is 0 Å². The number of hydrogen-bond donors (Lipinski definition) is 1. The zero-order chi connectivity index (χ0) is 12.7. The van der Waals surface area contributed by atoms with Crippen LogP contribution < -0.4 is 5.32 Å². The van der Waals surface area contributed by atoms with Crippen LogP contribution in [0.25, 0.3) is 0 Å². The Morgan fingerprint density at radius 1 is 1.53 bits per heavy atom. The second-order valence-electron chi connectivity index (χ2n) is 4.83. The van der Waals surface area contributed by atoms with Gasteiger partial charge < -0.3 is 15.1 Å². The first-order chi connectivity index (χ1) is 8.15. The molecule has 1 heterocycles. The summed E-state index contributed by atoms with van der Waals surface area (Å²) in [5, 5.41) is 4.34. The molecule has 0 amide bonds. The lowest BCUT2D eigenvalue weighted by molar-refractivity contribution is 0.284. The molecule has 100 valence electrons. The SMILES string of the molecule is CSCCCNC(=S)N1CCCC1CN(C)C. The van der Waals surface area contributed by atoms with Gasteiger partial charge in [0, 0.05) is 25.7 Å². The predicted octanol–water partition coefficient (Wildman–Crippen LogP) is 1.64. The second-order valence-corrected chi connectivity index (χ2v) is 6.20. The van der Waals surface area contributed by atoms with Crippen molar-refractivity contribution in [3.05, 3.63) is 0 Å². The molecule has 1 saturated heterocycles. The average molecular weight is 275 g/mol. The van der Waals surface area contributed by atoms with Gasteiger partial charge in [-0.05, 0) is 57.6 Å². The largest absolute Gasteiger partial charge is 0.363 e. The highest BCUT2D eigenvalue weighted by atomic mass is 32.2. The van der Waals surface area contributed by atoms with Gasteiger partial charge in [-0.15, -0.1) is 0 Å². The Morgan fingerprint density at radius 2 is 2.29 bits per heavy atom. The summed E-state index contributed by atoms with van der Waals surface area (Å²) in [5.41, 5.74) is 0. The van der Waals surface area contributed by atoms with Gasteiger partial charge in [0.2, 0.25) is 0 Å². The molecule has 1 N–H and O–H groups in total. The summed E-state index contributed by atoms with van der Waals surface area (Å²) in [6.07, 6.45) is 5.87.